The van der Waals surface area contributed by atoms with Crippen LogP contribution in [0.4, 0.5) is 5.69 Å². The molecule has 3 N–H and O–H groups in total. The van der Waals surface area contributed by atoms with E-state index < -0.39 is 0 Å². The Hall–Kier alpha value is -2.14. The predicted molar refractivity (Wildman–Crippen MR) is 76.0 cm³/mol. The second kappa shape index (κ2) is 4.20. The minimum atomic E-state index is 0.557. The third-order valence-corrected chi connectivity index (χ3v) is 3.15. The predicted octanol–water partition coefficient (Wildman–Crippen LogP) is 2.87. The zero-order valence-corrected chi connectivity index (χ0v) is 11.3. The molecule has 3 aromatic rings. The highest BCUT2D eigenvalue weighted by molar-refractivity contribution is 6.31. The lowest BCUT2D eigenvalue weighted by Gasteiger charge is -2.01. The third kappa shape index (κ3) is 2.02. The zero-order valence-electron chi connectivity index (χ0n) is 10.5. The smallest absolute Gasteiger partial charge is 0.140 e. The first-order valence-corrected chi connectivity index (χ1v) is 6.18. The molecule has 0 spiro atoms. The summed E-state index contributed by atoms with van der Waals surface area (Å²) < 4.78 is 0. The maximum Gasteiger partial charge on any atom is 0.140 e. The van der Waals surface area contributed by atoms with Crippen molar-refractivity contribution < 1.29 is 0 Å². The van der Waals surface area contributed by atoms with E-state index in [2.05, 4.69) is 20.2 Å². The lowest BCUT2D eigenvalue weighted by Crippen LogP contribution is -1.94. The van der Waals surface area contributed by atoms with Gasteiger partial charge in [0.15, 0.2) is 0 Å². The van der Waals surface area contributed by atoms with Crippen LogP contribution in [0.5, 0.6) is 0 Å². The third-order valence-electron chi connectivity index (χ3n) is 2.94. The molecule has 0 aliphatic carbocycles. The molecule has 96 valence electrons. The van der Waals surface area contributed by atoms with Crippen molar-refractivity contribution in [3.63, 3.8) is 0 Å². The molecule has 0 saturated heterocycles. The van der Waals surface area contributed by atoms with Crippen LogP contribution in [0.1, 0.15) is 11.4 Å². The maximum atomic E-state index is 5.99. The Balaban J connectivity index is 2.26. The second-order valence-corrected chi connectivity index (χ2v) is 4.90. The molecule has 0 bridgehead atoms. The number of aryl methyl sites for hydroxylation is 2. The van der Waals surface area contributed by atoms with Gasteiger partial charge >= 0.3 is 0 Å². The first-order chi connectivity index (χ1) is 9.04. The molecule has 0 radical (unpaired) electrons. The Morgan fingerprint density at radius 3 is 2.74 bits per heavy atom. The highest BCUT2D eigenvalue weighted by Crippen LogP contribution is 2.28. The summed E-state index contributed by atoms with van der Waals surface area (Å²) in [4.78, 5) is 7.74. The number of benzene rings is 1. The van der Waals surface area contributed by atoms with Gasteiger partial charge in [-0.15, -0.1) is 0 Å². The number of hydrogen-bond acceptors (Lipinski definition) is 4. The average Bonchev–Trinajstić information content (AvgIpc) is 2.76. The van der Waals surface area contributed by atoms with Crippen molar-refractivity contribution in [2.75, 3.05) is 5.73 Å². The number of aromatic nitrogens is 4. The van der Waals surface area contributed by atoms with Crippen LogP contribution in [-0.4, -0.2) is 20.2 Å². The van der Waals surface area contributed by atoms with Gasteiger partial charge in [0, 0.05) is 10.6 Å². The topological polar surface area (TPSA) is 80.5 Å². The van der Waals surface area contributed by atoms with Gasteiger partial charge in [-0.3, -0.25) is 0 Å². The van der Waals surface area contributed by atoms with E-state index in [0.29, 0.717) is 16.2 Å². The van der Waals surface area contributed by atoms with Crippen molar-refractivity contribution in [1.29, 1.82) is 0 Å². The largest absolute Gasteiger partial charge is 0.397 e. The Bertz CT molecular complexity index is 778. The molecule has 6 heteroatoms. The normalized spacial score (nSPS) is 11.1. The van der Waals surface area contributed by atoms with Crippen LogP contribution in [0, 0.1) is 13.8 Å². The van der Waals surface area contributed by atoms with Gasteiger partial charge in [-0.2, -0.15) is 10.2 Å². The Kier molecular flexibility index (Phi) is 2.64. The van der Waals surface area contributed by atoms with Crippen LogP contribution in [0.15, 0.2) is 18.2 Å². The van der Waals surface area contributed by atoms with Crippen molar-refractivity contribution in [3.8, 4) is 11.4 Å². The SMILES string of the molecule is Cc1cc(-c2nc3c(N)cc(Cl)cc3[nH]2)c(C)nn1. The molecule has 19 heavy (non-hydrogen) atoms. The van der Waals surface area contributed by atoms with Gasteiger partial charge < -0.3 is 10.7 Å². The van der Waals surface area contributed by atoms with Gasteiger partial charge in [0.25, 0.3) is 0 Å². The summed E-state index contributed by atoms with van der Waals surface area (Å²) >= 11 is 5.99. The van der Waals surface area contributed by atoms with Gasteiger partial charge in [-0.05, 0) is 32.0 Å². The quantitative estimate of drug-likeness (QED) is 0.668. The molecule has 2 heterocycles. The molecule has 0 aliphatic heterocycles. The molecule has 0 aliphatic rings. The van der Waals surface area contributed by atoms with E-state index in [0.717, 1.165) is 28.3 Å². The zero-order chi connectivity index (χ0) is 13.6. The highest BCUT2D eigenvalue weighted by atomic mass is 35.5. The summed E-state index contributed by atoms with van der Waals surface area (Å²) in [5.41, 5.74) is 10.6. The van der Waals surface area contributed by atoms with Crippen molar-refractivity contribution in [2.24, 2.45) is 0 Å². The van der Waals surface area contributed by atoms with Crippen LogP contribution >= 0.6 is 11.6 Å². The summed E-state index contributed by atoms with van der Waals surface area (Å²) in [6, 6.07) is 5.44. The molecule has 1 aromatic carbocycles. The number of imidazole rings is 1. The summed E-state index contributed by atoms with van der Waals surface area (Å²) in [6.07, 6.45) is 0. The molecular formula is C13H12ClN5. The number of fused-ring (bicyclic) bond motifs is 1. The number of nitrogens with zero attached hydrogens (tertiary/aromatic N) is 3. The minimum Gasteiger partial charge on any atom is -0.397 e. The van der Waals surface area contributed by atoms with E-state index >= 15 is 0 Å². The number of nitrogen functional groups attached to an aromatic ring is 1. The second-order valence-electron chi connectivity index (χ2n) is 4.46. The Morgan fingerprint density at radius 1 is 1.16 bits per heavy atom. The van der Waals surface area contributed by atoms with E-state index in [-0.39, 0.29) is 0 Å². The number of nitrogens with one attached hydrogen (secondary N) is 1. The first kappa shape index (κ1) is 11.9. The van der Waals surface area contributed by atoms with Gasteiger partial charge in [-0.25, -0.2) is 4.98 Å². The fourth-order valence-corrected chi connectivity index (χ4v) is 2.25. The first-order valence-electron chi connectivity index (χ1n) is 5.80. The number of H-pyrrole nitrogens is 1. The lowest BCUT2D eigenvalue weighted by molar-refractivity contribution is 0.940. The van der Waals surface area contributed by atoms with E-state index in [1.165, 1.54) is 0 Å². The van der Waals surface area contributed by atoms with E-state index in [1.807, 2.05) is 19.9 Å². The summed E-state index contributed by atoms with van der Waals surface area (Å²) in [6.45, 7) is 3.79. The number of hydrogen-bond donors (Lipinski definition) is 2. The summed E-state index contributed by atoms with van der Waals surface area (Å²) in [5.74, 6) is 0.722. The van der Waals surface area contributed by atoms with Crippen LogP contribution in [-0.2, 0) is 0 Å². The van der Waals surface area contributed by atoms with Gasteiger partial charge in [-0.1, -0.05) is 11.6 Å². The number of nitrogens with two attached hydrogens (primary N) is 1. The van der Waals surface area contributed by atoms with Crippen LogP contribution < -0.4 is 5.73 Å². The number of rotatable bonds is 1. The van der Waals surface area contributed by atoms with E-state index in [4.69, 9.17) is 17.3 Å². The van der Waals surface area contributed by atoms with Gasteiger partial charge in [0.2, 0.25) is 0 Å². The standard InChI is InChI=1S/C13H12ClN5/c1-6-3-9(7(2)19-18-6)13-16-11-5-8(14)4-10(15)12(11)17-13/h3-5H,15H2,1-2H3,(H,16,17). The minimum absolute atomic E-state index is 0.557. The molecule has 0 amide bonds. The van der Waals surface area contributed by atoms with E-state index in [9.17, 15) is 0 Å². The number of halogens is 1. The fourth-order valence-electron chi connectivity index (χ4n) is 2.02. The van der Waals surface area contributed by atoms with Gasteiger partial charge in [0.05, 0.1) is 22.6 Å². The monoisotopic (exact) mass is 273 g/mol. The van der Waals surface area contributed by atoms with Crippen LogP contribution in [0.25, 0.3) is 22.4 Å². The maximum absolute atomic E-state index is 5.99. The molecule has 0 unspecified atom stereocenters. The van der Waals surface area contributed by atoms with Crippen LogP contribution in [0.2, 0.25) is 5.02 Å². The molecule has 0 fully saturated rings. The lowest BCUT2D eigenvalue weighted by atomic mass is 10.2. The van der Waals surface area contributed by atoms with Crippen molar-refractivity contribution >= 4 is 28.3 Å². The van der Waals surface area contributed by atoms with Crippen molar-refractivity contribution in [1.82, 2.24) is 20.2 Å². The molecule has 2 aromatic heterocycles. The number of aromatic amines is 1. The van der Waals surface area contributed by atoms with Gasteiger partial charge in [0.1, 0.15) is 11.3 Å². The Labute approximate surface area is 114 Å². The highest BCUT2D eigenvalue weighted by Gasteiger charge is 2.12. The molecule has 0 atom stereocenters. The summed E-state index contributed by atoms with van der Waals surface area (Å²) in [7, 11) is 0. The molecule has 3 rings (SSSR count). The summed E-state index contributed by atoms with van der Waals surface area (Å²) in [5, 5.41) is 8.70. The van der Waals surface area contributed by atoms with Crippen molar-refractivity contribution in [2.45, 2.75) is 13.8 Å². The molecule has 0 saturated carbocycles. The Morgan fingerprint density at radius 2 is 1.95 bits per heavy atom. The molecular weight excluding hydrogens is 262 g/mol. The molecule has 5 nitrogen and oxygen atoms in total. The van der Waals surface area contributed by atoms with Crippen LogP contribution in [0.3, 0.4) is 0 Å². The van der Waals surface area contributed by atoms with Crippen molar-refractivity contribution in [3.05, 3.63) is 34.6 Å². The van der Waals surface area contributed by atoms with E-state index in [1.54, 1.807) is 12.1 Å². The fraction of sp³-hybridized carbons (Fsp3) is 0.154. The average molecular weight is 274 g/mol. The number of anilines is 1.